The monoisotopic (exact) mass is 400 g/mol. The van der Waals surface area contributed by atoms with Crippen LogP contribution in [0.3, 0.4) is 0 Å². The van der Waals surface area contributed by atoms with E-state index in [0.29, 0.717) is 11.3 Å². The predicted octanol–water partition coefficient (Wildman–Crippen LogP) is 6.27. The molecule has 162 valence electrons. The van der Waals surface area contributed by atoms with E-state index >= 15 is 0 Å². The molecule has 0 bridgehead atoms. The number of fused-ring (bicyclic) bond motifs is 1. The number of rotatable bonds is 6. The van der Waals surface area contributed by atoms with Crippen LogP contribution in [0.2, 0.25) is 0 Å². The summed E-state index contributed by atoms with van der Waals surface area (Å²) in [4.78, 5) is 0. The molecule has 1 N–H and O–H groups in total. The van der Waals surface area contributed by atoms with Crippen molar-refractivity contribution in [2.24, 2.45) is 22.7 Å². The van der Waals surface area contributed by atoms with Gasteiger partial charge in [0.05, 0.1) is 19.8 Å². The molecule has 4 atom stereocenters. The lowest BCUT2D eigenvalue weighted by molar-refractivity contribution is -0.168. The Kier molecular flexibility index (Phi) is 6.11. The van der Waals surface area contributed by atoms with E-state index in [0.717, 1.165) is 48.3 Å². The van der Waals surface area contributed by atoms with Crippen LogP contribution in [0, 0.1) is 22.7 Å². The van der Waals surface area contributed by atoms with Gasteiger partial charge in [-0.05, 0) is 91.4 Å². The van der Waals surface area contributed by atoms with Gasteiger partial charge < -0.3 is 14.6 Å². The van der Waals surface area contributed by atoms with Gasteiger partial charge in [-0.25, -0.2) is 0 Å². The first-order valence-electron chi connectivity index (χ1n) is 11.2. The first-order valence-corrected chi connectivity index (χ1v) is 11.2. The summed E-state index contributed by atoms with van der Waals surface area (Å²) in [5.41, 5.74) is 2.09. The van der Waals surface area contributed by atoms with E-state index in [1.165, 1.54) is 19.3 Å². The van der Waals surface area contributed by atoms with Gasteiger partial charge in [0.25, 0.3) is 0 Å². The highest BCUT2D eigenvalue weighted by atomic mass is 16.5. The second-order valence-corrected chi connectivity index (χ2v) is 10.5. The Hall–Kier alpha value is -1.48. The number of methoxy groups -OCH3 is 2. The number of aliphatic hydroxyl groups is 1. The fraction of sp³-hybridized carbons (Fsp3) is 0.692. The molecule has 1 aromatic carbocycles. The number of benzene rings is 1. The van der Waals surface area contributed by atoms with Crippen molar-refractivity contribution in [3.63, 3.8) is 0 Å². The Morgan fingerprint density at radius 3 is 2.45 bits per heavy atom. The molecule has 0 heterocycles. The molecule has 1 unspecified atom stereocenters. The largest absolute Gasteiger partial charge is 0.493 e. The lowest BCUT2D eigenvalue weighted by atomic mass is 9.45. The van der Waals surface area contributed by atoms with Crippen molar-refractivity contribution in [1.29, 1.82) is 0 Å². The summed E-state index contributed by atoms with van der Waals surface area (Å²) >= 11 is 0. The van der Waals surface area contributed by atoms with Gasteiger partial charge in [0.15, 0.2) is 11.5 Å². The number of hydrogen-bond acceptors (Lipinski definition) is 3. The van der Waals surface area contributed by atoms with Crippen molar-refractivity contribution in [1.82, 2.24) is 0 Å². The van der Waals surface area contributed by atoms with Crippen molar-refractivity contribution < 1.29 is 14.6 Å². The van der Waals surface area contributed by atoms with Crippen LogP contribution in [0.15, 0.2) is 18.7 Å². The Morgan fingerprint density at radius 1 is 1.10 bits per heavy atom. The lowest BCUT2D eigenvalue weighted by Crippen LogP contribution is -2.57. The van der Waals surface area contributed by atoms with E-state index in [9.17, 15) is 5.11 Å². The Labute approximate surface area is 177 Å². The van der Waals surface area contributed by atoms with E-state index in [-0.39, 0.29) is 11.3 Å². The average molecular weight is 401 g/mol. The van der Waals surface area contributed by atoms with Crippen LogP contribution < -0.4 is 9.47 Å². The fourth-order valence-corrected chi connectivity index (χ4v) is 6.94. The standard InChI is InChI=1S/C26H40O3/c1-8-18-16-19(23(29-7)20(17-18)28-6)10-11-22-25(4)14-9-13-24(2,3)21(25)12-15-26(22,5)27/h8,16-17,21-22,27H,1,9-15H2,2-7H3/t21?,22-,25+,26-/m1/s1. The first kappa shape index (κ1) is 22.2. The lowest BCUT2D eigenvalue weighted by Gasteiger charge is -2.61. The van der Waals surface area contributed by atoms with Crippen molar-refractivity contribution in [3.05, 3.63) is 29.8 Å². The number of ether oxygens (including phenoxy) is 2. The van der Waals surface area contributed by atoms with Gasteiger partial charge >= 0.3 is 0 Å². The third-order valence-corrected chi connectivity index (χ3v) is 8.28. The zero-order chi connectivity index (χ0) is 21.4. The van der Waals surface area contributed by atoms with Crippen LogP contribution >= 0.6 is 0 Å². The summed E-state index contributed by atoms with van der Waals surface area (Å²) in [6.07, 6.45) is 9.48. The maximum absolute atomic E-state index is 11.4. The molecule has 0 saturated heterocycles. The van der Waals surface area contributed by atoms with Gasteiger partial charge in [0.1, 0.15) is 0 Å². The maximum atomic E-state index is 11.4. The summed E-state index contributed by atoms with van der Waals surface area (Å²) in [7, 11) is 3.38. The molecule has 0 aromatic heterocycles. The fourth-order valence-electron chi connectivity index (χ4n) is 6.94. The smallest absolute Gasteiger partial charge is 0.163 e. The molecule has 2 aliphatic rings. The minimum Gasteiger partial charge on any atom is -0.493 e. The molecular weight excluding hydrogens is 360 g/mol. The quantitative estimate of drug-likeness (QED) is 0.611. The third kappa shape index (κ3) is 3.95. The predicted molar refractivity (Wildman–Crippen MR) is 121 cm³/mol. The second kappa shape index (κ2) is 7.98. The molecule has 3 nitrogen and oxygen atoms in total. The highest BCUT2D eigenvalue weighted by Gasteiger charge is 2.57. The van der Waals surface area contributed by atoms with E-state index in [1.807, 2.05) is 12.1 Å². The molecule has 0 aliphatic heterocycles. The second-order valence-electron chi connectivity index (χ2n) is 10.5. The highest BCUT2D eigenvalue weighted by molar-refractivity contribution is 5.58. The summed E-state index contributed by atoms with van der Waals surface area (Å²) < 4.78 is 11.3. The Bertz CT molecular complexity index is 749. The SMILES string of the molecule is C=Cc1cc(CC[C@@H]2[C@@]3(C)CCCC(C)(C)C3CC[C@@]2(C)O)c(OC)c(OC)c1. The first-order chi connectivity index (χ1) is 13.6. The summed E-state index contributed by atoms with van der Waals surface area (Å²) in [5.74, 6) is 2.50. The molecule has 3 heteroatoms. The summed E-state index contributed by atoms with van der Waals surface area (Å²) in [6.45, 7) is 13.3. The van der Waals surface area contributed by atoms with E-state index in [2.05, 4.69) is 40.3 Å². The molecule has 1 aromatic rings. The van der Waals surface area contributed by atoms with Gasteiger partial charge in [-0.3, -0.25) is 0 Å². The molecule has 29 heavy (non-hydrogen) atoms. The molecule has 0 spiro atoms. The molecule has 0 amide bonds. The summed E-state index contributed by atoms with van der Waals surface area (Å²) in [6, 6.07) is 4.11. The number of aryl methyl sites for hydroxylation is 1. The van der Waals surface area contributed by atoms with Crippen molar-refractivity contribution in [3.8, 4) is 11.5 Å². The van der Waals surface area contributed by atoms with E-state index < -0.39 is 5.60 Å². The van der Waals surface area contributed by atoms with Gasteiger partial charge in [-0.15, -0.1) is 0 Å². The number of hydrogen-bond donors (Lipinski definition) is 1. The van der Waals surface area contributed by atoms with Crippen LogP contribution in [-0.2, 0) is 6.42 Å². The van der Waals surface area contributed by atoms with Crippen LogP contribution in [0.4, 0.5) is 0 Å². The van der Waals surface area contributed by atoms with E-state index in [1.54, 1.807) is 14.2 Å². The topological polar surface area (TPSA) is 38.7 Å². The summed E-state index contributed by atoms with van der Waals surface area (Å²) in [5, 5.41) is 11.4. The van der Waals surface area contributed by atoms with Crippen molar-refractivity contribution in [2.75, 3.05) is 14.2 Å². The van der Waals surface area contributed by atoms with Crippen molar-refractivity contribution >= 4 is 6.08 Å². The Morgan fingerprint density at radius 2 is 1.83 bits per heavy atom. The maximum Gasteiger partial charge on any atom is 0.163 e. The van der Waals surface area contributed by atoms with Gasteiger partial charge in [-0.2, -0.15) is 0 Å². The normalized spacial score (nSPS) is 33.6. The molecule has 2 fully saturated rings. The highest BCUT2D eigenvalue weighted by Crippen LogP contribution is 2.62. The van der Waals surface area contributed by atoms with Crippen LogP contribution in [0.5, 0.6) is 11.5 Å². The minimum absolute atomic E-state index is 0.177. The van der Waals surface area contributed by atoms with Gasteiger partial charge in [-0.1, -0.05) is 39.8 Å². The van der Waals surface area contributed by atoms with E-state index in [4.69, 9.17) is 9.47 Å². The molecule has 2 aliphatic carbocycles. The van der Waals surface area contributed by atoms with Crippen LogP contribution in [0.25, 0.3) is 6.08 Å². The molecular formula is C26H40O3. The third-order valence-electron chi connectivity index (χ3n) is 8.28. The van der Waals surface area contributed by atoms with Gasteiger partial charge in [0, 0.05) is 0 Å². The van der Waals surface area contributed by atoms with Crippen LogP contribution in [0.1, 0.15) is 77.3 Å². The molecule has 0 radical (unpaired) electrons. The molecule has 2 saturated carbocycles. The zero-order valence-corrected chi connectivity index (χ0v) is 19.3. The average Bonchev–Trinajstić information content (AvgIpc) is 2.65. The van der Waals surface area contributed by atoms with Crippen molar-refractivity contribution in [2.45, 2.75) is 78.2 Å². The minimum atomic E-state index is -0.619. The zero-order valence-electron chi connectivity index (χ0n) is 19.3. The Balaban J connectivity index is 1.93. The molecule has 3 rings (SSSR count). The van der Waals surface area contributed by atoms with Crippen LogP contribution in [-0.4, -0.2) is 24.9 Å². The van der Waals surface area contributed by atoms with Gasteiger partial charge in [0.2, 0.25) is 0 Å².